The second-order valence-corrected chi connectivity index (χ2v) is 7.55. The minimum atomic E-state index is -0.430. The highest BCUT2D eigenvalue weighted by Crippen LogP contribution is 2.19. The van der Waals surface area contributed by atoms with Crippen LogP contribution in [0.15, 0.2) is 30.3 Å². The third-order valence-electron chi connectivity index (χ3n) is 4.24. The van der Waals surface area contributed by atoms with Crippen molar-refractivity contribution in [3.63, 3.8) is 0 Å². The van der Waals surface area contributed by atoms with Crippen molar-refractivity contribution < 1.29 is 9.59 Å². The molecule has 0 radical (unpaired) electrons. The molecular formula is C21H28N2O2. The van der Waals surface area contributed by atoms with E-state index in [-0.39, 0.29) is 17.9 Å². The van der Waals surface area contributed by atoms with E-state index in [1.807, 2.05) is 30.3 Å². The number of carbonyl (C=O) groups excluding carboxylic acids is 2. The molecule has 1 aliphatic heterocycles. The molecule has 1 saturated heterocycles. The molecule has 2 amide bonds. The SMILES string of the molecule is CC(C)C[C@H]1CN(C(=O)C#Cc2ccccc2)[C@@H](CC(C)C)C(=O)N1. The van der Waals surface area contributed by atoms with Gasteiger partial charge < -0.3 is 10.2 Å². The summed E-state index contributed by atoms with van der Waals surface area (Å²) in [4.78, 5) is 26.9. The molecule has 1 heterocycles. The van der Waals surface area contributed by atoms with Gasteiger partial charge >= 0.3 is 0 Å². The first kappa shape index (κ1) is 19.1. The zero-order valence-electron chi connectivity index (χ0n) is 15.6. The summed E-state index contributed by atoms with van der Waals surface area (Å²) in [7, 11) is 0. The number of hydrogen-bond donors (Lipinski definition) is 1. The van der Waals surface area contributed by atoms with Crippen LogP contribution in [0.2, 0.25) is 0 Å². The fraction of sp³-hybridized carbons (Fsp3) is 0.524. The van der Waals surface area contributed by atoms with E-state index in [9.17, 15) is 9.59 Å². The van der Waals surface area contributed by atoms with Crippen LogP contribution in [-0.4, -0.2) is 35.3 Å². The van der Waals surface area contributed by atoms with Crippen molar-refractivity contribution in [1.82, 2.24) is 10.2 Å². The van der Waals surface area contributed by atoms with Gasteiger partial charge in [-0.1, -0.05) is 51.8 Å². The molecule has 4 heteroatoms. The van der Waals surface area contributed by atoms with E-state index in [1.54, 1.807) is 4.90 Å². The molecular weight excluding hydrogens is 312 g/mol. The normalized spacial score (nSPS) is 20.2. The highest BCUT2D eigenvalue weighted by molar-refractivity contribution is 5.98. The topological polar surface area (TPSA) is 49.4 Å². The first-order valence-electron chi connectivity index (χ1n) is 9.04. The maximum atomic E-state index is 12.7. The molecule has 0 spiro atoms. The fourth-order valence-electron chi connectivity index (χ4n) is 3.18. The molecule has 2 atom stereocenters. The first-order chi connectivity index (χ1) is 11.9. The van der Waals surface area contributed by atoms with Crippen LogP contribution in [0, 0.1) is 23.7 Å². The van der Waals surface area contributed by atoms with E-state index in [0.717, 1.165) is 12.0 Å². The Hall–Kier alpha value is -2.28. The lowest BCUT2D eigenvalue weighted by molar-refractivity contribution is -0.142. The number of amides is 2. The predicted molar refractivity (Wildman–Crippen MR) is 99.7 cm³/mol. The van der Waals surface area contributed by atoms with E-state index in [0.29, 0.717) is 24.8 Å². The summed E-state index contributed by atoms with van der Waals surface area (Å²) >= 11 is 0. The maximum Gasteiger partial charge on any atom is 0.299 e. The summed E-state index contributed by atoms with van der Waals surface area (Å²) in [6, 6.07) is 9.01. The van der Waals surface area contributed by atoms with Gasteiger partial charge in [-0.3, -0.25) is 9.59 Å². The van der Waals surface area contributed by atoms with Gasteiger partial charge in [0.1, 0.15) is 6.04 Å². The van der Waals surface area contributed by atoms with E-state index in [4.69, 9.17) is 0 Å². The lowest BCUT2D eigenvalue weighted by atomic mass is 9.95. The van der Waals surface area contributed by atoms with Crippen molar-refractivity contribution in [2.45, 2.75) is 52.6 Å². The van der Waals surface area contributed by atoms with Crippen molar-refractivity contribution in [3.05, 3.63) is 35.9 Å². The van der Waals surface area contributed by atoms with Gasteiger partial charge in [0.05, 0.1) is 0 Å². The Balaban J connectivity index is 2.19. The van der Waals surface area contributed by atoms with Gasteiger partial charge in [-0.05, 0) is 36.8 Å². The molecule has 25 heavy (non-hydrogen) atoms. The van der Waals surface area contributed by atoms with Crippen molar-refractivity contribution in [3.8, 4) is 11.8 Å². The molecule has 4 nitrogen and oxygen atoms in total. The second-order valence-electron chi connectivity index (χ2n) is 7.55. The van der Waals surface area contributed by atoms with Crippen LogP contribution in [-0.2, 0) is 9.59 Å². The van der Waals surface area contributed by atoms with Crippen LogP contribution in [0.25, 0.3) is 0 Å². The van der Waals surface area contributed by atoms with Gasteiger partial charge in [0.15, 0.2) is 0 Å². The lowest BCUT2D eigenvalue weighted by Crippen LogP contribution is -2.61. The van der Waals surface area contributed by atoms with Gasteiger partial charge in [0.2, 0.25) is 5.91 Å². The Labute approximate surface area is 151 Å². The third-order valence-corrected chi connectivity index (χ3v) is 4.24. The van der Waals surface area contributed by atoms with E-state index >= 15 is 0 Å². The molecule has 0 unspecified atom stereocenters. The summed E-state index contributed by atoms with van der Waals surface area (Å²) in [6.45, 7) is 8.89. The Morgan fingerprint density at radius 1 is 1.16 bits per heavy atom. The standard InChI is InChI=1S/C21H28N2O2/c1-15(2)12-18-14-23(19(13-16(3)4)21(25)22-18)20(24)11-10-17-8-6-5-7-9-17/h5-9,15-16,18-19H,12-14H2,1-4H3,(H,22,25)/t18-,19-/m0/s1. The Bertz CT molecular complexity index is 655. The molecule has 134 valence electrons. The van der Waals surface area contributed by atoms with E-state index in [2.05, 4.69) is 44.9 Å². The highest BCUT2D eigenvalue weighted by Gasteiger charge is 2.37. The van der Waals surface area contributed by atoms with Gasteiger partial charge in [0, 0.05) is 24.1 Å². The summed E-state index contributed by atoms with van der Waals surface area (Å²) in [5.41, 5.74) is 0.802. The molecule has 0 saturated carbocycles. The fourth-order valence-corrected chi connectivity index (χ4v) is 3.18. The van der Waals surface area contributed by atoms with Gasteiger partial charge in [-0.15, -0.1) is 0 Å². The number of piperazine rings is 1. The molecule has 1 fully saturated rings. The number of rotatable bonds is 4. The van der Waals surface area contributed by atoms with Crippen molar-refractivity contribution in [1.29, 1.82) is 0 Å². The number of nitrogens with zero attached hydrogens (tertiary/aromatic N) is 1. The number of carbonyl (C=O) groups is 2. The molecule has 1 aromatic carbocycles. The zero-order chi connectivity index (χ0) is 18.4. The monoisotopic (exact) mass is 340 g/mol. The first-order valence-corrected chi connectivity index (χ1v) is 9.04. The van der Waals surface area contributed by atoms with Crippen LogP contribution in [0.4, 0.5) is 0 Å². The highest BCUT2D eigenvalue weighted by atomic mass is 16.2. The third kappa shape index (κ3) is 5.63. The van der Waals surface area contributed by atoms with Crippen molar-refractivity contribution in [2.75, 3.05) is 6.54 Å². The number of nitrogens with one attached hydrogen (secondary N) is 1. The molecule has 1 aliphatic rings. The van der Waals surface area contributed by atoms with Gasteiger partial charge in [-0.25, -0.2) is 0 Å². The van der Waals surface area contributed by atoms with Crippen molar-refractivity contribution >= 4 is 11.8 Å². The molecule has 0 bridgehead atoms. The summed E-state index contributed by atoms with van der Waals surface area (Å²) in [5, 5.41) is 3.08. The van der Waals surface area contributed by atoms with Crippen LogP contribution >= 0.6 is 0 Å². The minimum Gasteiger partial charge on any atom is -0.350 e. The van der Waals surface area contributed by atoms with Crippen LogP contribution < -0.4 is 5.32 Å². The summed E-state index contributed by atoms with van der Waals surface area (Å²) in [5.74, 6) is 6.10. The Morgan fingerprint density at radius 2 is 1.80 bits per heavy atom. The smallest absolute Gasteiger partial charge is 0.299 e. The van der Waals surface area contributed by atoms with Gasteiger partial charge in [-0.2, -0.15) is 0 Å². The molecule has 2 rings (SSSR count). The maximum absolute atomic E-state index is 12.7. The quantitative estimate of drug-likeness (QED) is 0.857. The molecule has 0 aromatic heterocycles. The number of benzene rings is 1. The average molecular weight is 340 g/mol. The Morgan fingerprint density at radius 3 is 2.40 bits per heavy atom. The molecule has 1 aromatic rings. The van der Waals surface area contributed by atoms with Crippen molar-refractivity contribution in [2.24, 2.45) is 11.8 Å². The zero-order valence-corrected chi connectivity index (χ0v) is 15.6. The average Bonchev–Trinajstić information content (AvgIpc) is 2.55. The van der Waals surface area contributed by atoms with Crippen LogP contribution in [0.3, 0.4) is 0 Å². The Kier molecular flexibility index (Phi) is 6.64. The van der Waals surface area contributed by atoms with E-state index in [1.165, 1.54) is 0 Å². The molecule has 1 N–H and O–H groups in total. The summed E-state index contributed by atoms with van der Waals surface area (Å²) < 4.78 is 0. The van der Waals surface area contributed by atoms with Crippen LogP contribution in [0.5, 0.6) is 0 Å². The molecule has 0 aliphatic carbocycles. The number of hydrogen-bond acceptors (Lipinski definition) is 2. The van der Waals surface area contributed by atoms with E-state index < -0.39 is 6.04 Å². The lowest BCUT2D eigenvalue weighted by Gasteiger charge is -2.39. The summed E-state index contributed by atoms with van der Waals surface area (Å²) in [6.07, 6.45) is 1.51. The predicted octanol–water partition coefficient (Wildman–Crippen LogP) is 2.83. The van der Waals surface area contributed by atoms with Gasteiger partial charge in [0.25, 0.3) is 5.91 Å². The van der Waals surface area contributed by atoms with Crippen LogP contribution in [0.1, 0.15) is 46.1 Å². The second kappa shape index (κ2) is 8.71. The largest absolute Gasteiger partial charge is 0.350 e. The minimum absolute atomic E-state index is 0.00149.